The Labute approximate surface area is 120 Å². The van der Waals surface area contributed by atoms with E-state index in [2.05, 4.69) is 0 Å². The van der Waals surface area contributed by atoms with E-state index in [-0.39, 0.29) is 11.0 Å². The molecule has 8 nitrogen and oxygen atoms in total. The molecule has 0 aromatic heterocycles. The second-order valence-corrected chi connectivity index (χ2v) is 6.19. The van der Waals surface area contributed by atoms with Crippen LogP contribution in [0, 0.1) is 0 Å². The Bertz CT molecular complexity index is 154. The summed E-state index contributed by atoms with van der Waals surface area (Å²) in [5, 5.41) is 0. The molecule has 0 saturated carbocycles. The summed E-state index contributed by atoms with van der Waals surface area (Å²) in [6.45, 7) is 9.80. The molecule has 0 aliphatic heterocycles. The lowest BCUT2D eigenvalue weighted by atomic mass is 10.9. The van der Waals surface area contributed by atoms with Crippen LogP contribution in [0.4, 0.5) is 0 Å². The van der Waals surface area contributed by atoms with Gasteiger partial charge in [-0.2, -0.15) is 0 Å². The largest absolute Gasteiger partial charge is 0.679 e. The molecule has 0 unspecified atom stereocenters. The maximum atomic E-state index is 7.33. The highest BCUT2D eigenvalue weighted by Gasteiger charge is 2.44. The summed E-state index contributed by atoms with van der Waals surface area (Å²) in [7, 11) is -7.41. The molecule has 0 fully saturated rings. The molecule has 0 rings (SSSR count). The molecule has 0 aromatic rings. The lowest BCUT2D eigenvalue weighted by Crippen LogP contribution is -2.49. The Morgan fingerprint density at radius 2 is 0.789 bits per heavy atom. The van der Waals surface area contributed by atoms with E-state index < -0.39 is 18.1 Å². The highest BCUT2D eigenvalue weighted by atomic mass is 28.4. The summed E-state index contributed by atoms with van der Waals surface area (Å²) in [5.74, 6) is 0. The van der Waals surface area contributed by atoms with Gasteiger partial charge in [0.2, 0.25) is 0 Å². The van der Waals surface area contributed by atoms with Crippen LogP contribution < -0.4 is 0 Å². The average Bonchev–Trinajstić information content (AvgIpc) is 2.16. The molecule has 0 heterocycles. The molecule has 0 radical (unpaired) electrons. The Hall–Kier alpha value is 0.331. The van der Waals surface area contributed by atoms with E-state index in [1.807, 2.05) is 27.7 Å². The first-order valence-corrected chi connectivity index (χ1v) is 9.12. The molecule has 0 aliphatic rings. The summed E-state index contributed by atoms with van der Waals surface area (Å²) < 4.78 is 21.7. The van der Waals surface area contributed by atoms with Gasteiger partial charge in [-0.25, -0.2) is 0 Å². The van der Waals surface area contributed by atoms with Crippen LogP contribution in [0.2, 0.25) is 0 Å². The van der Waals surface area contributed by atoms with Crippen molar-refractivity contribution in [3.8, 4) is 0 Å². The van der Waals surface area contributed by atoms with Crippen molar-refractivity contribution >= 4 is 29.1 Å². The van der Waals surface area contributed by atoms with Crippen LogP contribution >= 0.6 is 0 Å². The van der Waals surface area contributed by atoms with Crippen LogP contribution in [0.15, 0.2) is 0 Å². The lowest BCUT2D eigenvalue weighted by molar-refractivity contribution is -0.0247. The molecule has 0 amide bonds. The predicted octanol–water partition coefficient (Wildman–Crippen LogP) is -2.49. The van der Waals surface area contributed by atoms with Crippen molar-refractivity contribution in [3.63, 3.8) is 0 Å². The van der Waals surface area contributed by atoms with Crippen molar-refractivity contribution in [1.82, 2.24) is 0 Å². The molecule has 120 valence electrons. The fraction of sp³-hybridized carbons (Fsp3) is 1.00. The minimum Gasteiger partial charge on any atom is -0.368 e. The molecule has 0 aliphatic carbocycles. The molecule has 0 aromatic carbocycles. The van der Waals surface area contributed by atoms with Crippen molar-refractivity contribution in [2.24, 2.45) is 0 Å². The van der Waals surface area contributed by atoms with Gasteiger partial charge in [0.05, 0.1) is 0 Å². The second kappa shape index (κ2) is 13.3. The first kappa shape index (κ1) is 24.4. The maximum absolute atomic E-state index is 7.33. The van der Waals surface area contributed by atoms with Crippen LogP contribution in [0.3, 0.4) is 0 Å². The Morgan fingerprint density at radius 3 is 0.895 bits per heavy atom. The highest BCUT2D eigenvalue weighted by Crippen LogP contribution is 2.11. The fourth-order valence-electron chi connectivity index (χ4n) is 0.957. The maximum Gasteiger partial charge on any atom is 0.679 e. The smallest absolute Gasteiger partial charge is 0.368 e. The molecule has 4 N–H and O–H groups in total. The number of rotatable bonds is 8. The summed E-state index contributed by atoms with van der Waals surface area (Å²) in [6, 6.07) is 0. The fourth-order valence-corrected chi connectivity index (χ4v) is 2.87. The van der Waals surface area contributed by atoms with Gasteiger partial charge in [0.25, 0.3) is 0 Å². The monoisotopic (exact) mass is 336 g/mol. The van der Waals surface area contributed by atoms with Crippen LogP contribution in [-0.2, 0) is 17.7 Å². The zero-order valence-electron chi connectivity index (χ0n) is 11.3. The normalized spacial score (nSPS) is 11.4. The predicted molar refractivity (Wildman–Crippen MR) is 78.2 cm³/mol. The Morgan fingerprint density at radius 1 is 0.632 bits per heavy atom. The zero-order valence-corrected chi connectivity index (χ0v) is 13.3. The van der Waals surface area contributed by atoms with Gasteiger partial charge >= 0.3 is 18.1 Å². The van der Waals surface area contributed by atoms with E-state index in [1.54, 1.807) is 0 Å². The summed E-state index contributed by atoms with van der Waals surface area (Å²) in [4.78, 5) is 29.3. The second-order valence-electron chi connectivity index (χ2n) is 2.83. The highest BCUT2D eigenvalue weighted by molar-refractivity contribution is 6.53. The van der Waals surface area contributed by atoms with Gasteiger partial charge in [-0.15, -0.1) is 0 Å². The minimum atomic E-state index is -4.61. The molecule has 0 spiro atoms. The number of hydrogen-bond acceptors (Lipinski definition) is 8. The molecule has 11 heteroatoms. The lowest BCUT2D eigenvalue weighted by Gasteiger charge is -2.26. The molecular formula is C8H28O8Si3. The zero-order chi connectivity index (χ0) is 14.7. The third-order valence-electron chi connectivity index (χ3n) is 1.28. The van der Waals surface area contributed by atoms with Crippen molar-refractivity contribution < 1.29 is 36.9 Å². The standard InChI is InChI=1S/C8H20O4Si.H4O4Si.H4Si/c1-5-9-13(10-6-2,11-7-3)12-8-4;1-5(2,3)4;/h5-8H2,1-4H3;1-4H;1H4. The van der Waals surface area contributed by atoms with Crippen LogP contribution in [0.1, 0.15) is 27.7 Å². The van der Waals surface area contributed by atoms with Crippen molar-refractivity contribution in [2.45, 2.75) is 27.7 Å². The van der Waals surface area contributed by atoms with Gasteiger partial charge in [0, 0.05) is 26.4 Å². The molecule has 19 heavy (non-hydrogen) atoms. The van der Waals surface area contributed by atoms with Crippen LogP contribution in [-0.4, -0.2) is 74.7 Å². The van der Waals surface area contributed by atoms with Gasteiger partial charge in [0.1, 0.15) is 0 Å². The van der Waals surface area contributed by atoms with E-state index in [0.29, 0.717) is 26.4 Å². The van der Waals surface area contributed by atoms with Crippen molar-refractivity contribution in [3.05, 3.63) is 0 Å². The van der Waals surface area contributed by atoms with Crippen LogP contribution in [0.5, 0.6) is 0 Å². The van der Waals surface area contributed by atoms with Gasteiger partial charge in [0.15, 0.2) is 0 Å². The minimum absolute atomic E-state index is 0. The molecular weight excluding hydrogens is 308 g/mol. The third-order valence-corrected chi connectivity index (χ3v) is 3.85. The van der Waals surface area contributed by atoms with Gasteiger partial charge < -0.3 is 36.9 Å². The molecule has 0 saturated heterocycles. The molecule has 0 bridgehead atoms. The quantitative estimate of drug-likeness (QED) is 0.360. The van der Waals surface area contributed by atoms with Crippen molar-refractivity contribution in [2.75, 3.05) is 26.4 Å². The summed E-state index contributed by atoms with van der Waals surface area (Å²) in [5.41, 5.74) is 0. The Kier molecular flexibility index (Phi) is 17.1. The summed E-state index contributed by atoms with van der Waals surface area (Å²) >= 11 is 0. The summed E-state index contributed by atoms with van der Waals surface area (Å²) in [6.07, 6.45) is 0. The van der Waals surface area contributed by atoms with E-state index in [4.69, 9.17) is 36.9 Å². The van der Waals surface area contributed by atoms with E-state index >= 15 is 0 Å². The first-order chi connectivity index (χ1) is 8.24. The Balaban J connectivity index is -0.000000366. The van der Waals surface area contributed by atoms with E-state index in [0.717, 1.165) is 0 Å². The third kappa shape index (κ3) is 18.3. The average molecular weight is 337 g/mol. The molecule has 0 atom stereocenters. The topological polar surface area (TPSA) is 118 Å². The van der Waals surface area contributed by atoms with Crippen molar-refractivity contribution in [1.29, 1.82) is 0 Å². The SMILES string of the molecule is CCO[Si](OCC)(OCC)OCC.O[Si](O)(O)O.[SiH4]. The number of hydrogen-bond donors (Lipinski definition) is 4. The van der Waals surface area contributed by atoms with E-state index in [1.165, 1.54) is 0 Å². The van der Waals surface area contributed by atoms with Gasteiger partial charge in [-0.3, -0.25) is 0 Å². The first-order valence-electron chi connectivity index (χ1n) is 5.69. The van der Waals surface area contributed by atoms with Gasteiger partial charge in [-0.05, 0) is 38.7 Å². The van der Waals surface area contributed by atoms with E-state index in [9.17, 15) is 0 Å². The van der Waals surface area contributed by atoms with Crippen LogP contribution in [0.25, 0.3) is 0 Å². The van der Waals surface area contributed by atoms with Gasteiger partial charge in [-0.1, -0.05) is 0 Å².